The monoisotopic (exact) mass is 473 g/mol. The summed E-state index contributed by atoms with van der Waals surface area (Å²) in [6, 6.07) is 11.0. The summed E-state index contributed by atoms with van der Waals surface area (Å²) in [5.41, 5.74) is 4.91. The molecule has 158 valence electrons. The third-order valence-electron chi connectivity index (χ3n) is 3.91. The standard InChI is InChI=1S/C22H24BrN3O4/c1-4-11-30-22-18(23)12-16(13-19(22)29-3)14-24-26-21(28)10-9-20(27)25-17-7-5-15(2)6-8-17/h4-8,12-14H,1,9-11H2,2-3H3,(H,25,27)(H,26,28). The van der Waals surface area contributed by atoms with Crippen molar-refractivity contribution in [2.75, 3.05) is 19.0 Å². The van der Waals surface area contributed by atoms with Gasteiger partial charge in [0, 0.05) is 18.5 Å². The van der Waals surface area contributed by atoms with Crippen molar-refractivity contribution >= 4 is 39.6 Å². The SMILES string of the molecule is C=CCOc1c(Br)cc(C=NNC(=O)CCC(=O)Nc2ccc(C)cc2)cc1OC. The van der Waals surface area contributed by atoms with Crippen LogP contribution in [0.25, 0.3) is 0 Å². The molecule has 0 atom stereocenters. The summed E-state index contributed by atoms with van der Waals surface area (Å²) in [7, 11) is 1.53. The van der Waals surface area contributed by atoms with E-state index in [9.17, 15) is 9.59 Å². The van der Waals surface area contributed by atoms with Gasteiger partial charge in [0.15, 0.2) is 11.5 Å². The van der Waals surface area contributed by atoms with E-state index in [2.05, 4.69) is 38.4 Å². The Bertz CT molecular complexity index is 927. The lowest BCUT2D eigenvalue weighted by atomic mass is 10.2. The predicted molar refractivity (Wildman–Crippen MR) is 121 cm³/mol. The summed E-state index contributed by atoms with van der Waals surface area (Å²) >= 11 is 3.43. The minimum Gasteiger partial charge on any atom is -0.493 e. The summed E-state index contributed by atoms with van der Waals surface area (Å²) < 4.78 is 11.6. The number of nitrogens with zero attached hydrogens (tertiary/aromatic N) is 1. The zero-order chi connectivity index (χ0) is 21.9. The molecule has 0 aliphatic rings. The Balaban J connectivity index is 1.85. The van der Waals surface area contributed by atoms with Gasteiger partial charge in [0.1, 0.15) is 6.61 Å². The maximum absolute atomic E-state index is 11.9. The maximum Gasteiger partial charge on any atom is 0.240 e. The van der Waals surface area contributed by atoms with Crippen LogP contribution in [-0.4, -0.2) is 31.7 Å². The first-order valence-corrected chi connectivity index (χ1v) is 10.0. The van der Waals surface area contributed by atoms with E-state index in [1.165, 1.54) is 13.3 Å². The second kappa shape index (κ2) is 11.8. The van der Waals surface area contributed by atoms with Crippen molar-refractivity contribution in [3.8, 4) is 11.5 Å². The quantitative estimate of drug-likeness (QED) is 0.307. The van der Waals surface area contributed by atoms with Crippen LogP contribution in [-0.2, 0) is 9.59 Å². The van der Waals surface area contributed by atoms with Crippen LogP contribution in [0.15, 0.2) is 58.6 Å². The van der Waals surface area contributed by atoms with E-state index in [1.54, 1.807) is 18.2 Å². The summed E-state index contributed by atoms with van der Waals surface area (Å²) in [5, 5.41) is 6.68. The molecule has 0 aromatic heterocycles. The number of methoxy groups -OCH3 is 1. The Morgan fingerprint density at radius 3 is 2.53 bits per heavy atom. The molecule has 0 saturated carbocycles. The first-order chi connectivity index (χ1) is 14.4. The molecule has 0 aliphatic carbocycles. The highest BCUT2D eigenvalue weighted by molar-refractivity contribution is 9.10. The number of hydrazone groups is 1. The van der Waals surface area contributed by atoms with Gasteiger partial charge in [-0.15, -0.1) is 0 Å². The molecule has 7 nitrogen and oxygen atoms in total. The van der Waals surface area contributed by atoms with Crippen molar-refractivity contribution in [1.82, 2.24) is 5.43 Å². The first kappa shape index (κ1) is 23.2. The van der Waals surface area contributed by atoms with Crippen LogP contribution in [0.3, 0.4) is 0 Å². The molecule has 0 bridgehead atoms. The van der Waals surface area contributed by atoms with Crippen molar-refractivity contribution in [1.29, 1.82) is 0 Å². The zero-order valence-electron chi connectivity index (χ0n) is 16.9. The number of hydrogen-bond donors (Lipinski definition) is 2. The number of aryl methyl sites for hydroxylation is 1. The lowest BCUT2D eigenvalue weighted by Crippen LogP contribution is -2.20. The fraction of sp³-hybridized carbons (Fsp3) is 0.227. The number of rotatable bonds is 10. The van der Waals surface area contributed by atoms with Crippen LogP contribution < -0.4 is 20.2 Å². The molecule has 2 aromatic carbocycles. The Morgan fingerprint density at radius 1 is 1.17 bits per heavy atom. The molecule has 0 aliphatic heterocycles. The Labute approximate surface area is 184 Å². The fourth-order valence-corrected chi connectivity index (χ4v) is 2.99. The number of ether oxygens (including phenoxy) is 2. The summed E-state index contributed by atoms with van der Waals surface area (Å²) in [4.78, 5) is 23.9. The van der Waals surface area contributed by atoms with Crippen molar-refractivity contribution in [2.24, 2.45) is 5.10 Å². The average molecular weight is 474 g/mol. The largest absolute Gasteiger partial charge is 0.493 e. The molecule has 2 amide bonds. The van der Waals surface area contributed by atoms with E-state index in [-0.39, 0.29) is 24.7 Å². The molecule has 8 heteroatoms. The van der Waals surface area contributed by atoms with Gasteiger partial charge in [0.05, 0.1) is 17.8 Å². The smallest absolute Gasteiger partial charge is 0.240 e. The van der Waals surface area contributed by atoms with Crippen molar-refractivity contribution in [2.45, 2.75) is 19.8 Å². The first-order valence-electron chi connectivity index (χ1n) is 9.22. The van der Waals surface area contributed by atoms with Gasteiger partial charge in [0.25, 0.3) is 0 Å². The Morgan fingerprint density at radius 2 is 1.87 bits per heavy atom. The lowest BCUT2D eigenvalue weighted by molar-refractivity contribution is -0.124. The van der Waals surface area contributed by atoms with Gasteiger partial charge in [-0.3, -0.25) is 9.59 Å². The number of carbonyl (C=O) groups excluding carboxylic acids is 2. The van der Waals surface area contributed by atoms with Crippen LogP contribution in [0.1, 0.15) is 24.0 Å². The van der Waals surface area contributed by atoms with Gasteiger partial charge in [-0.25, -0.2) is 5.43 Å². The van der Waals surface area contributed by atoms with E-state index < -0.39 is 0 Å². The summed E-state index contributed by atoms with van der Waals surface area (Å²) in [5.74, 6) is 0.481. The van der Waals surface area contributed by atoms with Crippen LogP contribution in [0.2, 0.25) is 0 Å². The number of hydrogen-bond acceptors (Lipinski definition) is 5. The number of amides is 2. The third-order valence-corrected chi connectivity index (χ3v) is 4.50. The second-order valence-electron chi connectivity index (χ2n) is 6.34. The minimum atomic E-state index is -0.359. The number of nitrogens with one attached hydrogen (secondary N) is 2. The van der Waals surface area contributed by atoms with Gasteiger partial charge in [-0.05, 0) is 52.7 Å². The van der Waals surface area contributed by atoms with Gasteiger partial charge in [-0.1, -0.05) is 30.4 Å². The second-order valence-corrected chi connectivity index (χ2v) is 7.20. The van der Waals surface area contributed by atoms with Gasteiger partial charge in [-0.2, -0.15) is 5.10 Å². The van der Waals surface area contributed by atoms with Crippen LogP contribution in [0.5, 0.6) is 11.5 Å². The van der Waals surface area contributed by atoms with Gasteiger partial charge < -0.3 is 14.8 Å². The van der Waals surface area contributed by atoms with E-state index in [1.807, 2.05) is 31.2 Å². The van der Waals surface area contributed by atoms with Crippen molar-refractivity contribution < 1.29 is 19.1 Å². The molecule has 2 N–H and O–H groups in total. The van der Waals surface area contributed by atoms with E-state index in [0.717, 1.165) is 5.56 Å². The van der Waals surface area contributed by atoms with Crippen molar-refractivity contribution in [3.05, 3.63) is 64.7 Å². The molecule has 30 heavy (non-hydrogen) atoms. The number of halogens is 1. The highest BCUT2D eigenvalue weighted by Crippen LogP contribution is 2.36. The number of carbonyl (C=O) groups is 2. The highest BCUT2D eigenvalue weighted by Gasteiger charge is 2.11. The molecular formula is C22H24BrN3O4. The molecule has 0 fully saturated rings. The minimum absolute atomic E-state index is 0.0242. The summed E-state index contributed by atoms with van der Waals surface area (Å²) in [6.45, 7) is 5.93. The molecule has 2 rings (SSSR count). The maximum atomic E-state index is 11.9. The van der Waals surface area contributed by atoms with Crippen LogP contribution in [0.4, 0.5) is 5.69 Å². The molecule has 0 spiro atoms. The summed E-state index contributed by atoms with van der Waals surface area (Å²) in [6.07, 6.45) is 3.20. The zero-order valence-corrected chi connectivity index (χ0v) is 18.5. The van der Waals surface area contributed by atoms with Crippen LogP contribution >= 0.6 is 15.9 Å². The number of benzene rings is 2. The Kier molecular flexibility index (Phi) is 9.08. The molecular weight excluding hydrogens is 450 g/mol. The highest BCUT2D eigenvalue weighted by atomic mass is 79.9. The van der Waals surface area contributed by atoms with Gasteiger partial charge in [0.2, 0.25) is 11.8 Å². The van der Waals surface area contributed by atoms with Crippen LogP contribution in [0, 0.1) is 6.92 Å². The van der Waals surface area contributed by atoms with E-state index >= 15 is 0 Å². The topological polar surface area (TPSA) is 89.0 Å². The van der Waals surface area contributed by atoms with E-state index in [4.69, 9.17) is 9.47 Å². The normalized spacial score (nSPS) is 10.5. The Hall–Kier alpha value is -3.13. The van der Waals surface area contributed by atoms with Crippen molar-refractivity contribution in [3.63, 3.8) is 0 Å². The fourth-order valence-electron chi connectivity index (χ4n) is 2.42. The number of anilines is 1. The average Bonchev–Trinajstić information content (AvgIpc) is 2.73. The van der Waals surface area contributed by atoms with Gasteiger partial charge >= 0.3 is 0 Å². The third kappa shape index (κ3) is 7.36. The predicted octanol–water partition coefficient (Wildman–Crippen LogP) is 4.20. The van der Waals surface area contributed by atoms with E-state index in [0.29, 0.717) is 33.8 Å². The molecule has 0 radical (unpaired) electrons. The molecule has 0 heterocycles. The molecule has 2 aromatic rings. The molecule has 0 unspecified atom stereocenters. The molecule has 0 saturated heterocycles. The lowest BCUT2D eigenvalue weighted by Gasteiger charge is -2.12.